The maximum atomic E-state index is 15.4. The number of hydrogen-bond acceptors (Lipinski definition) is 5. The number of rotatable bonds is 7. The zero-order chi connectivity index (χ0) is 32.8. The van der Waals surface area contributed by atoms with Crippen molar-refractivity contribution in [3.05, 3.63) is 131 Å². The van der Waals surface area contributed by atoms with Crippen LogP contribution in [0.4, 0.5) is 4.39 Å². The molecule has 0 aromatic heterocycles. The number of ketones is 1. The van der Waals surface area contributed by atoms with Gasteiger partial charge in [0.1, 0.15) is 11.6 Å². The van der Waals surface area contributed by atoms with Gasteiger partial charge in [0.05, 0.1) is 20.3 Å². The van der Waals surface area contributed by atoms with Crippen molar-refractivity contribution in [3.8, 4) is 0 Å². The second-order valence-corrected chi connectivity index (χ2v) is 17.2. The molecule has 240 valence electrons. The predicted molar refractivity (Wildman–Crippen MR) is 178 cm³/mol. The fraction of sp³-hybridized carbons (Fsp3) is 0.342. The average molecular weight is 659 g/mol. The smallest absolute Gasteiger partial charge is 0.182 e. The highest BCUT2D eigenvalue weighted by Gasteiger charge is 2.56. The Labute approximate surface area is 271 Å². The minimum atomic E-state index is -4.08. The molecule has 8 heteroatoms. The molecule has 2 saturated carbocycles. The summed E-state index contributed by atoms with van der Waals surface area (Å²) in [6, 6.07) is 27.3. The van der Waals surface area contributed by atoms with E-state index in [0.29, 0.717) is 0 Å². The van der Waals surface area contributed by atoms with Crippen LogP contribution >= 0.6 is 0 Å². The fourth-order valence-electron chi connectivity index (χ4n) is 7.71. The van der Waals surface area contributed by atoms with Crippen molar-refractivity contribution in [3.63, 3.8) is 0 Å². The summed E-state index contributed by atoms with van der Waals surface area (Å²) in [7, 11) is -7.99. The molecular weight excluding hydrogens is 620 g/mol. The van der Waals surface area contributed by atoms with Crippen LogP contribution in [0.2, 0.25) is 0 Å². The molecule has 6 rings (SSSR count). The number of halogens is 1. The first-order valence-corrected chi connectivity index (χ1v) is 19.0. The number of carbonyl (C=O) groups is 1. The summed E-state index contributed by atoms with van der Waals surface area (Å²) in [6.07, 6.45) is 0.809. The Morgan fingerprint density at radius 1 is 0.674 bits per heavy atom. The maximum Gasteiger partial charge on any atom is 0.182 e. The Hall–Kier alpha value is -3.62. The molecule has 2 aliphatic carbocycles. The van der Waals surface area contributed by atoms with Gasteiger partial charge in [-0.2, -0.15) is 0 Å². The molecule has 0 aliphatic heterocycles. The summed E-state index contributed by atoms with van der Waals surface area (Å²) in [5, 5.41) is -2.05. The molecule has 2 fully saturated rings. The number of aryl methyl sites for hydroxylation is 3. The quantitative estimate of drug-likeness (QED) is 0.205. The van der Waals surface area contributed by atoms with Gasteiger partial charge >= 0.3 is 0 Å². The van der Waals surface area contributed by atoms with Gasteiger partial charge in [-0.25, -0.2) is 21.2 Å². The Morgan fingerprint density at radius 3 is 1.80 bits per heavy atom. The van der Waals surface area contributed by atoms with Crippen LogP contribution in [0.3, 0.4) is 0 Å². The number of sulfone groups is 2. The second-order valence-electron chi connectivity index (χ2n) is 13.0. The average Bonchev–Trinajstić information content (AvgIpc) is 3.04. The molecule has 0 saturated heterocycles. The van der Waals surface area contributed by atoms with E-state index >= 15 is 4.39 Å². The summed E-state index contributed by atoms with van der Waals surface area (Å²) < 4.78 is 73.5. The number of benzene rings is 4. The predicted octanol–water partition coefficient (Wildman–Crippen LogP) is 7.56. The molecule has 0 bridgehead atoms. The van der Waals surface area contributed by atoms with Crippen LogP contribution in [0.5, 0.6) is 0 Å². The SMILES string of the molecule is CCc1ccc(C2C[C@H]3C(CC2S(=O)(=O)c2ccc(C)cc2)C(=O)CC(c2ccccc2F)C3S(=O)(=O)c2ccc(C)cc2)cc1. The lowest BCUT2D eigenvalue weighted by Crippen LogP contribution is -2.53. The van der Waals surface area contributed by atoms with Crippen LogP contribution in [-0.2, 0) is 30.9 Å². The van der Waals surface area contributed by atoms with Crippen LogP contribution in [0.25, 0.3) is 0 Å². The van der Waals surface area contributed by atoms with E-state index in [4.69, 9.17) is 0 Å². The van der Waals surface area contributed by atoms with Crippen LogP contribution in [0, 0.1) is 31.5 Å². The molecule has 0 heterocycles. The lowest BCUT2D eigenvalue weighted by Gasteiger charge is -2.48. The molecule has 4 aromatic rings. The molecule has 2 aliphatic rings. The molecule has 46 heavy (non-hydrogen) atoms. The van der Waals surface area contributed by atoms with Crippen molar-refractivity contribution in [2.45, 2.75) is 78.6 Å². The first-order chi connectivity index (χ1) is 21.9. The van der Waals surface area contributed by atoms with Crippen molar-refractivity contribution in [2.75, 3.05) is 0 Å². The van der Waals surface area contributed by atoms with Gasteiger partial charge in [0, 0.05) is 24.2 Å². The van der Waals surface area contributed by atoms with E-state index in [1.165, 1.54) is 6.07 Å². The highest BCUT2D eigenvalue weighted by molar-refractivity contribution is 7.92. The zero-order valence-corrected chi connectivity index (χ0v) is 27.9. The minimum Gasteiger partial charge on any atom is -0.299 e. The van der Waals surface area contributed by atoms with Gasteiger partial charge in [-0.1, -0.05) is 84.8 Å². The molecule has 4 aromatic carbocycles. The van der Waals surface area contributed by atoms with E-state index in [0.717, 1.165) is 28.7 Å². The fourth-order valence-corrected chi connectivity index (χ4v) is 12.0. The topological polar surface area (TPSA) is 85.3 Å². The van der Waals surface area contributed by atoms with Crippen molar-refractivity contribution in [2.24, 2.45) is 11.8 Å². The van der Waals surface area contributed by atoms with E-state index < -0.39 is 59.7 Å². The lowest BCUT2D eigenvalue weighted by atomic mass is 9.61. The standard InChI is InChI=1S/C38H39FO5S2/c1-4-26-13-15-27(16-14-26)31-21-33-32(23-37(31)45(41,42)28-17-9-24(2)10-18-28)36(40)22-34(30-7-5-6-8-35(30)39)38(33)46(43,44)29-19-11-25(3)12-20-29/h5-20,31-34,37-38H,4,21-23H2,1-3H3/t31?,32?,33-,34?,37?,38?/m0/s1. The van der Waals surface area contributed by atoms with Crippen molar-refractivity contribution < 1.29 is 26.0 Å². The maximum absolute atomic E-state index is 15.4. The van der Waals surface area contributed by atoms with Gasteiger partial charge in [0.25, 0.3) is 0 Å². The largest absolute Gasteiger partial charge is 0.299 e. The summed E-state index contributed by atoms with van der Waals surface area (Å²) in [5.41, 5.74) is 3.93. The van der Waals surface area contributed by atoms with Gasteiger partial charge in [-0.05, 0) is 86.1 Å². The summed E-state index contributed by atoms with van der Waals surface area (Å²) in [5.74, 6) is -3.75. The third-order valence-electron chi connectivity index (χ3n) is 10.2. The Kier molecular flexibility index (Phi) is 8.81. The number of carbonyl (C=O) groups excluding carboxylic acids is 1. The summed E-state index contributed by atoms with van der Waals surface area (Å²) in [6.45, 7) is 5.81. The highest BCUT2D eigenvalue weighted by atomic mass is 32.2. The van der Waals surface area contributed by atoms with Crippen LogP contribution in [-0.4, -0.2) is 33.1 Å². The molecule has 0 N–H and O–H groups in total. The second kappa shape index (κ2) is 12.5. The minimum absolute atomic E-state index is 0.00379. The van der Waals surface area contributed by atoms with Gasteiger partial charge in [-0.3, -0.25) is 4.79 Å². The van der Waals surface area contributed by atoms with E-state index in [-0.39, 0.29) is 40.4 Å². The molecule has 0 spiro atoms. The monoisotopic (exact) mass is 658 g/mol. The van der Waals surface area contributed by atoms with Crippen molar-refractivity contribution >= 4 is 25.5 Å². The van der Waals surface area contributed by atoms with E-state index in [1.807, 2.05) is 45.0 Å². The Bertz CT molecular complexity index is 1950. The molecule has 0 amide bonds. The first-order valence-electron chi connectivity index (χ1n) is 15.9. The Morgan fingerprint density at radius 2 is 1.24 bits per heavy atom. The number of fused-ring (bicyclic) bond motifs is 1. The normalized spacial score (nSPS) is 25.2. The summed E-state index contributed by atoms with van der Waals surface area (Å²) in [4.78, 5) is 14.4. The Balaban J connectivity index is 1.52. The first kappa shape index (κ1) is 32.3. The highest BCUT2D eigenvalue weighted by Crippen LogP contribution is 2.54. The van der Waals surface area contributed by atoms with Gasteiger partial charge in [0.2, 0.25) is 0 Å². The van der Waals surface area contributed by atoms with Crippen LogP contribution in [0.1, 0.15) is 65.8 Å². The third-order valence-corrected chi connectivity index (χ3v) is 14.8. The third kappa shape index (κ3) is 5.86. The van der Waals surface area contributed by atoms with Gasteiger partial charge in [0.15, 0.2) is 19.7 Å². The summed E-state index contributed by atoms with van der Waals surface area (Å²) >= 11 is 0. The van der Waals surface area contributed by atoms with Gasteiger partial charge in [-0.15, -0.1) is 0 Å². The van der Waals surface area contributed by atoms with E-state index in [9.17, 15) is 21.6 Å². The van der Waals surface area contributed by atoms with Crippen molar-refractivity contribution in [1.82, 2.24) is 0 Å². The lowest BCUT2D eigenvalue weighted by molar-refractivity contribution is -0.128. The zero-order valence-electron chi connectivity index (χ0n) is 26.3. The number of Topliss-reactive ketones (excluding diaryl/α,β-unsaturated/α-hetero) is 1. The molecule has 5 nitrogen and oxygen atoms in total. The number of hydrogen-bond donors (Lipinski definition) is 0. The van der Waals surface area contributed by atoms with E-state index in [1.54, 1.807) is 66.7 Å². The van der Waals surface area contributed by atoms with Gasteiger partial charge < -0.3 is 0 Å². The van der Waals surface area contributed by atoms with Crippen molar-refractivity contribution in [1.29, 1.82) is 0 Å². The van der Waals surface area contributed by atoms with Crippen LogP contribution in [0.15, 0.2) is 107 Å². The van der Waals surface area contributed by atoms with Crippen LogP contribution < -0.4 is 0 Å². The molecule has 5 unspecified atom stereocenters. The molecule has 6 atom stereocenters. The van der Waals surface area contributed by atoms with E-state index in [2.05, 4.69) is 0 Å². The molecule has 0 radical (unpaired) electrons. The molecular formula is C38H39FO5S2.